The average Bonchev–Trinajstić information content (AvgIpc) is 3.00. The van der Waals surface area contributed by atoms with E-state index in [1.165, 1.54) is 4.90 Å². The zero-order chi connectivity index (χ0) is 23.2. The second-order valence-corrected chi connectivity index (χ2v) is 8.61. The standard InChI is InChI=1S/C26H25N3O2S/c1-15-7-6-8-21(11-15)28-18(4)13-20(19(28)5)14-23-24(30)27-26(32)29(25(23)31)22-10-9-16(2)17(3)12-22/h6-14H,1-5H3,(H,27,30,32)/b23-14+. The van der Waals surface area contributed by atoms with Crippen LogP contribution in [0.15, 0.2) is 54.1 Å². The van der Waals surface area contributed by atoms with E-state index in [4.69, 9.17) is 12.2 Å². The van der Waals surface area contributed by atoms with Crippen LogP contribution >= 0.6 is 12.2 Å². The zero-order valence-electron chi connectivity index (χ0n) is 18.8. The highest BCUT2D eigenvalue weighted by molar-refractivity contribution is 7.80. The monoisotopic (exact) mass is 443 g/mol. The van der Waals surface area contributed by atoms with Crippen LogP contribution in [0.5, 0.6) is 0 Å². The molecule has 0 bridgehead atoms. The van der Waals surface area contributed by atoms with E-state index >= 15 is 0 Å². The highest BCUT2D eigenvalue weighted by Gasteiger charge is 2.34. The maximum Gasteiger partial charge on any atom is 0.270 e. The molecule has 2 amide bonds. The van der Waals surface area contributed by atoms with Crippen molar-refractivity contribution in [2.75, 3.05) is 4.90 Å². The second kappa shape index (κ2) is 8.20. The molecule has 1 N–H and O–H groups in total. The van der Waals surface area contributed by atoms with Crippen LogP contribution in [-0.4, -0.2) is 21.5 Å². The summed E-state index contributed by atoms with van der Waals surface area (Å²) in [5.74, 6) is -0.914. The molecule has 0 saturated carbocycles. The molecule has 1 saturated heterocycles. The van der Waals surface area contributed by atoms with Crippen molar-refractivity contribution in [3.05, 3.63) is 87.7 Å². The number of benzene rings is 2. The summed E-state index contributed by atoms with van der Waals surface area (Å²) >= 11 is 5.33. The molecule has 0 spiro atoms. The molecule has 1 aromatic heterocycles. The zero-order valence-corrected chi connectivity index (χ0v) is 19.6. The molecule has 3 aromatic rings. The van der Waals surface area contributed by atoms with Gasteiger partial charge in [-0.3, -0.25) is 19.8 Å². The Balaban J connectivity index is 1.77. The molecule has 162 valence electrons. The lowest BCUT2D eigenvalue weighted by Crippen LogP contribution is -2.54. The first-order valence-electron chi connectivity index (χ1n) is 10.4. The first-order chi connectivity index (χ1) is 15.2. The Labute approximate surface area is 193 Å². The number of carbonyl (C=O) groups is 2. The molecule has 5 nitrogen and oxygen atoms in total. The van der Waals surface area contributed by atoms with Crippen molar-refractivity contribution in [1.82, 2.24) is 9.88 Å². The average molecular weight is 444 g/mol. The predicted molar refractivity (Wildman–Crippen MR) is 132 cm³/mol. The number of hydrogen-bond donors (Lipinski definition) is 1. The summed E-state index contributed by atoms with van der Waals surface area (Å²) in [4.78, 5) is 27.5. The van der Waals surface area contributed by atoms with E-state index in [0.717, 1.165) is 39.3 Å². The molecule has 0 radical (unpaired) electrons. The minimum atomic E-state index is -0.486. The highest BCUT2D eigenvalue weighted by Crippen LogP contribution is 2.27. The van der Waals surface area contributed by atoms with Gasteiger partial charge >= 0.3 is 0 Å². The van der Waals surface area contributed by atoms with Gasteiger partial charge < -0.3 is 4.57 Å². The minimum absolute atomic E-state index is 0.0568. The Morgan fingerprint density at radius 2 is 1.62 bits per heavy atom. The SMILES string of the molecule is Cc1cccc(-n2c(C)cc(/C=C3\C(=O)NC(=S)N(c4ccc(C)c(C)c4)C3=O)c2C)c1. The topological polar surface area (TPSA) is 54.3 Å². The Hall–Kier alpha value is -3.51. The Morgan fingerprint density at radius 3 is 2.31 bits per heavy atom. The van der Waals surface area contributed by atoms with E-state index in [9.17, 15) is 9.59 Å². The largest absolute Gasteiger partial charge is 0.318 e. The summed E-state index contributed by atoms with van der Waals surface area (Å²) in [5, 5.41) is 2.75. The summed E-state index contributed by atoms with van der Waals surface area (Å²) in [5.41, 5.74) is 7.85. The number of anilines is 1. The number of amides is 2. The van der Waals surface area contributed by atoms with Crippen molar-refractivity contribution in [2.24, 2.45) is 0 Å². The van der Waals surface area contributed by atoms with E-state index < -0.39 is 11.8 Å². The van der Waals surface area contributed by atoms with Crippen molar-refractivity contribution in [1.29, 1.82) is 0 Å². The Kier molecular flexibility index (Phi) is 5.57. The third-order valence-electron chi connectivity index (χ3n) is 5.88. The van der Waals surface area contributed by atoms with Crippen LogP contribution in [0.2, 0.25) is 0 Å². The highest BCUT2D eigenvalue weighted by atomic mass is 32.1. The van der Waals surface area contributed by atoms with Crippen molar-refractivity contribution in [3.8, 4) is 5.69 Å². The summed E-state index contributed by atoms with van der Waals surface area (Å²) in [7, 11) is 0. The van der Waals surface area contributed by atoms with Crippen LogP contribution < -0.4 is 10.2 Å². The summed E-state index contributed by atoms with van der Waals surface area (Å²) in [6.07, 6.45) is 1.65. The van der Waals surface area contributed by atoms with Crippen molar-refractivity contribution >= 4 is 40.9 Å². The third-order valence-corrected chi connectivity index (χ3v) is 6.16. The Morgan fingerprint density at radius 1 is 0.875 bits per heavy atom. The van der Waals surface area contributed by atoms with Gasteiger partial charge in [-0.15, -0.1) is 0 Å². The minimum Gasteiger partial charge on any atom is -0.318 e. The molecule has 4 rings (SSSR count). The third kappa shape index (κ3) is 3.78. The lowest BCUT2D eigenvalue weighted by atomic mass is 10.1. The first-order valence-corrected chi connectivity index (χ1v) is 10.8. The van der Waals surface area contributed by atoms with Gasteiger partial charge in [0.1, 0.15) is 5.57 Å². The molecule has 0 aliphatic carbocycles. The smallest absolute Gasteiger partial charge is 0.270 e. The molecule has 32 heavy (non-hydrogen) atoms. The lowest BCUT2D eigenvalue weighted by molar-refractivity contribution is -0.122. The first kappa shape index (κ1) is 21.7. The maximum absolute atomic E-state index is 13.4. The molecule has 2 heterocycles. The second-order valence-electron chi connectivity index (χ2n) is 8.23. The van der Waals surface area contributed by atoms with Gasteiger partial charge in [-0.05, 0) is 105 Å². The molecule has 1 aliphatic rings. The lowest BCUT2D eigenvalue weighted by Gasteiger charge is -2.29. The number of hydrogen-bond acceptors (Lipinski definition) is 3. The van der Waals surface area contributed by atoms with Gasteiger partial charge in [0.05, 0.1) is 5.69 Å². The van der Waals surface area contributed by atoms with Crippen LogP contribution in [0.4, 0.5) is 5.69 Å². The van der Waals surface area contributed by atoms with Crippen LogP contribution in [0.3, 0.4) is 0 Å². The van der Waals surface area contributed by atoms with Gasteiger partial charge in [-0.2, -0.15) is 0 Å². The fourth-order valence-electron chi connectivity index (χ4n) is 4.01. The van der Waals surface area contributed by atoms with E-state index in [2.05, 4.69) is 28.9 Å². The summed E-state index contributed by atoms with van der Waals surface area (Å²) in [6, 6.07) is 15.9. The number of carbonyl (C=O) groups excluding carboxylic acids is 2. The summed E-state index contributed by atoms with van der Waals surface area (Å²) < 4.78 is 2.12. The van der Waals surface area contributed by atoms with Gasteiger partial charge in [-0.25, -0.2) is 0 Å². The van der Waals surface area contributed by atoms with Crippen molar-refractivity contribution in [2.45, 2.75) is 34.6 Å². The number of rotatable bonds is 3. The Bertz CT molecular complexity index is 1320. The van der Waals surface area contributed by atoms with Gasteiger partial charge in [0.15, 0.2) is 5.11 Å². The number of thiocarbonyl (C=S) groups is 1. The van der Waals surface area contributed by atoms with Crippen molar-refractivity contribution in [3.63, 3.8) is 0 Å². The fourth-order valence-corrected chi connectivity index (χ4v) is 4.29. The van der Waals surface area contributed by atoms with Crippen LogP contribution in [0.1, 0.15) is 33.6 Å². The summed E-state index contributed by atoms with van der Waals surface area (Å²) in [6.45, 7) is 10.0. The number of aromatic nitrogens is 1. The van der Waals surface area contributed by atoms with Gasteiger partial charge in [0, 0.05) is 17.1 Å². The number of aryl methyl sites for hydroxylation is 4. The van der Waals surface area contributed by atoms with E-state index in [-0.39, 0.29) is 10.7 Å². The molecular formula is C26H25N3O2S. The molecule has 6 heteroatoms. The number of nitrogens with one attached hydrogen (secondary N) is 1. The van der Waals surface area contributed by atoms with Gasteiger partial charge in [0.25, 0.3) is 11.8 Å². The molecule has 1 aliphatic heterocycles. The van der Waals surface area contributed by atoms with Crippen LogP contribution in [-0.2, 0) is 9.59 Å². The van der Waals surface area contributed by atoms with E-state index in [1.54, 1.807) is 6.08 Å². The van der Waals surface area contributed by atoms with Crippen LogP contribution in [0, 0.1) is 34.6 Å². The molecule has 0 unspecified atom stereocenters. The van der Waals surface area contributed by atoms with Crippen molar-refractivity contribution < 1.29 is 9.59 Å². The normalized spacial score (nSPS) is 15.5. The van der Waals surface area contributed by atoms with Gasteiger partial charge in [0.2, 0.25) is 0 Å². The molecule has 1 fully saturated rings. The maximum atomic E-state index is 13.4. The fraction of sp³-hybridized carbons (Fsp3) is 0.192. The van der Waals surface area contributed by atoms with Gasteiger partial charge in [-0.1, -0.05) is 18.2 Å². The molecular weight excluding hydrogens is 418 g/mol. The van der Waals surface area contributed by atoms with Crippen LogP contribution in [0.25, 0.3) is 11.8 Å². The number of nitrogens with zero attached hydrogens (tertiary/aromatic N) is 2. The predicted octanol–water partition coefficient (Wildman–Crippen LogP) is 4.85. The van der Waals surface area contributed by atoms with E-state index in [0.29, 0.717) is 5.69 Å². The van der Waals surface area contributed by atoms with E-state index in [1.807, 2.05) is 64.1 Å². The molecule has 2 aromatic carbocycles. The molecule has 0 atom stereocenters. The quantitative estimate of drug-likeness (QED) is 0.358.